The van der Waals surface area contributed by atoms with Crippen molar-refractivity contribution in [2.24, 2.45) is 7.05 Å². The molecule has 1 aliphatic heterocycles. The summed E-state index contributed by atoms with van der Waals surface area (Å²) in [5.74, 6) is 0.0128. The van der Waals surface area contributed by atoms with Crippen molar-refractivity contribution >= 4 is 17.5 Å². The number of carbonyl (C=O) groups is 2. The Labute approximate surface area is 166 Å². The van der Waals surface area contributed by atoms with Crippen LogP contribution in [0.2, 0.25) is 0 Å². The van der Waals surface area contributed by atoms with Gasteiger partial charge in [-0.3, -0.25) is 19.2 Å². The third-order valence-electron chi connectivity index (χ3n) is 5.50. The number of carbonyl (C=O) groups excluding carboxylic acids is 2. The molecule has 0 unspecified atom stereocenters. The van der Waals surface area contributed by atoms with Gasteiger partial charge in [0, 0.05) is 44.6 Å². The number of para-hydroxylation sites is 1. The minimum absolute atomic E-state index is 0.0175. The molecule has 0 bridgehead atoms. The smallest absolute Gasteiger partial charge is 0.257 e. The van der Waals surface area contributed by atoms with Gasteiger partial charge < -0.3 is 10.2 Å². The minimum atomic E-state index is -0.0175. The van der Waals surface area contributed by atoms with Crippen LogP contribution >= 0.6 is 0 Å². The number of amides is 2. The van der Waals surface area contributed by atoms with E-state index in [1.807, 2.05) is 57.8 Å². The Kier molecular flexibility index (Phi) is 5.84. The molecule has 2 aromatic rings. The fraction of sp³-hybridized carbons (Fsp3) is 0.476. The summed E-state index contributed by atoms with van der Waals surface area (Å²) >= 11 is 0. The maximum atomic E-state index is 12.9. The monoisotopic (exact) mass is 383 g/mol. The van der Waals surface area contributed by atoms with E-state index in [0.717, 1.165) is 28.2 Å². The fourth-order valence-corrected chi connectivity index (χ4v) is 3.74. The number of benzene rings is 1. The molecule has 2 heterocycles. The molecule has 0 aliphatic carbocycles. The van der Waals surface area contributed by atoms with Crippen molar-refractivity contribution in [3.05, 3.63) is 46.3 Å². The first kappa shape index (κ1) is 20.1. The number of anilines is 1. The van der Waals surface area contributed by atoms with Gasteiger partial charge in [0.2, 0.25) is 5.91 Å². The first-order valence-corrected chi connectivity index (χ1v) is 9.65. The average Bonchev–Trinajstić information content (AvgIpc) is 2.90. The highest BCUT2D eigenvalue weighted by Crippen LogP contribution is 2.20. The highest BCUT2D eigenvalue weighted by atomic mass is 16.2. The molecule has 1 fully saturated rings. The topological polar surface area (TPSA) is 70.5 Å². The molecule has 150 valence electrons. The number of nitrogens with zero attached hydrogens (tertiary/aromatic N) is 4. The van der Waals surface area contributed by atoms with E-state index in [0.29, 0.717) is 38.3 Å². The molecule has 1 aromatic carbocycles. The van der Waals surface area contributed by atoms with Crippen molar-refractivity contribution < 1.29 is 9.59 Å². The lowest BCUT2D eigenvalue weighted by Gasteiger charge is -2.34. The van der Waals surface area contributed by atoms with Gasteiger partial charge in [0.05, 0.1) is 17.8 Å². The molecule has 3 rings (SSSR count). The number of nitrogens with one attached hydrogen (secondary N) is 1. The lowest BCUT2D eigenvalue weighted by molar-refractivity contribution is -0.117. The summed E-state index contributed by atoms with van der Waals surface area (Å²) in [6.45, 7) is 10.7. The molecular weight excluding hydrogens is 354 g/mol. The van der Waals surface area contributed by atoms with Crippen LogP contribution in [0.3, 0.4) is 0 Å². The third-order valence-corrected chi connectivity index (χ3v) is 5.50. The van der Waals surface area contributed by atoms with Crippen molar-refractivity contribution in [1.82, 2.24) is 19.6 Å². The largest absolute Gasteiger partial charge is 0.336 e. The number of aromatic nitrogens is 2. The van der Waals surface area contributed by atoms with Gasteiger partial charge in [-0.2, -0.15) is 5.10 Å². The lowest BCUT2D eigenvalue weighted by Crippen LogP contribution is -2.50. The second-order valence-electron chi connectivity index (χ2n) is 7.55. The summed E-state index contributed by atoms with van der Waals surface area (Å²) in [4.78, 5) is 29.3. The van der Waals surface area contributed by atoms with E-state index in [4.69, 9.17) is 0 Å². The predicted octanol–water partition coefficient (Wildman–Crippen LogP) is 2.05. The zero-order valence-corrected chi connectivity index (χ0v) is 17.4. The zero-order valence-electron chi connectivity index (χ0n) is 17.4. The van der Waals surface area contributed by atoms with Gasteiger partial charge in [0.1, 0.15) is 0 Å². The van der Waals surface area contributed by atoms with E-state index >= 15 is 0 Å². The molecule has 28 heavy (non-hydrogen) atoms. The Balaban J connectivity index is 1.55. The quantitative estimate of drug-likeness (QED) is 0.877. The highest BCUT2D eigenvalue weighted by molar-refractivity contribution is 5.96. The van der Waals surface area contributed by atoms with Crippen LogP contribution < -0.4 is 5.32 Å². The molecule has 1 aromatic heterocycles. The van der Waals surface area contributed by atoms with Crippen molar-refractivity contribution in [2.45, 2.75) is 27.7 Å². The van der Waals surface area contributed by atoms with Crippen LogP contribution in [0, 0.1) is 27.7 Å². The van der Waals surface area contributed by atoms with Crippen molar-refractivity contribution in [3.63, 3.8) is 0 Å². The van der Waals surface area contributed by atoms with Gasteiger partial charge in [-0.05, 0) is 38.8 Å². The highest BCUT2D eigenvalue weighted by Gasteiger charge is 2.27. The molecule has 1 N–H and O–H groups in total. The fourth-order valence-electron chi connectivity index (χ4n) is 3.74. The molecule has 7 nitrogen and oxygen atoms in total. The van der Waals surface area contributed by atoms with E-state index in [-0.39, 0.29) is 11.8 Å². The minimum Gasteiger partial charge on any atom is -0.336 e. The maximum Gasteiger partial charge on any atom is 0.257 e. The number of piperazine rings is 1. The molecule has 2 amide bonds. The van der Waals surface area contributed by atoms with Crippen molar-refractivity contribution in [3.8, 4) is 0 Å². The summed E-state index contributed by atoms with van der Waals surface area (Å²) < 4.78 is 1.75. The van der Waals surface area contributed by atoms with Gasteiger partial charge in [-0.1, -0.05) is 18.2 Å². The van der Waals surface area contributed by atoms with Gasteiger partial charge in [-0.25, -0.2) is 0 Å². The van der Waals surface area contributed by atoms with Crippen LogP contribution in [0.1, 0.15) is 32.9 Å². The summed E-state index contributed by atoms with van der Waals surface area (Å²) in [7, 11) is 1.85. The summed E-state index contributed by atoms with van der Waals surface area (Å²) in [5, 5.41) is 7.37. The van der Waals surface area contributed by atoms with E-state index in [1.165, 1.54) is 0 Å². The SMILES string of the molecule is Cc1cccc(C)c1NC(=O)CN1CCN(C(=O)c2c(C)nn(C)c2C)CC1. The second kappa shape index (κ2) is 8.14. The molecule has 0 spiro atoms. The molecule has 0 atom stereocenters. The molecule has 0 radical (unpaired) electrons. The second-order valence-corrected chi connectivity index (χ2v) is 7.55. The summed E-state index contributed by atoms with van der Waals surface area (Å²) in [5.41, 5.74) is 5.36. The number of hydrogen-bond acceptors (Lipinski definition) is 4. The Morgan fingerprint density at radius 3 is 2.18 bits per heavy atom. The van der Waals surface area contributed by atoms with Crippen molar-refractivity contribution in [2.75, 3.05) is 38.0 Å². The molecule has 1 saturated heterocycles. The van der Waals surface area contributed by atoms with Gasteiger partial charge >= 0.3 is 0 Å². The summed E-state index contributed by atoms with van der Waals surface area (Å²) in [6, 6.07) is 5.98. The predicted molar refractivity (Wildman–Crippen MR) is 110 cm³/mol. The number of rotatable bonds is 4. The van der Waals surface area contributed by atoms with Gasteiger partial charge in [-0.15, -0.1) is 0 Å². The van der Waals surface area contributed by atoms with Crippen LogP contribution in [-0.4, -0.2) is 64.1 Å². The Morgan fingerprint density at radius 1 is 1.04 bits per heavy atom. The van der Waals surface area contributed by atoms with E-state index in [2.05, 4.69) is 15.3 Å². The number of aryl methyl sites for hydroxylation is 4. The molecule has 1 aliphatic rings. The number of hydrogen-bond donors (Lipinski definition) is 1. The Hall–Kier alpha value is -2.67. The van der Waals surface area contributed by atoms with Crippen LogP contribution in [0.25, 0.3) is 0 Å². The molecule has 7 heteroatoms. The summed E-state index contributed by atoms with van der Waals surface area (Å²) in [6.07, 6.45) is 0. The van der Waals surface area contributed by atoms with E-state index in [9.17, 15) is 9.59 Å². The molecule has 0 saturated carbocycles. The standard InChI is InChI=1S/C21H29N5O2/c1-14-7-6-8-15(2)20(14)22-18(27)13-25-9-11-26(12-10-25)21(28)19-16(3)23-24(5)17(19)4/h6-8H,9-13H2,1-5H3,(H,22,27). The normalized spacial score (nSPS) is 15.0. The molecular formula is C21H29N5O2. The van der Waals surface area contributed by atoms with Crippen LogP contribution in [0.15, 0.2) is 18.2 Å². The maximum absolute atomic E-state index is 12.9. The van der Waals surface area contributed by atoms with Gasteiger partial charge in [0.15, 0.2) is 0 Å². The Morgan fingerprint density at radius 2 is 1.64 bits per heavy atom. The Bertz CT molecular complexity index is 874. The van der Waals surface area contributed by atoms with E-state index in [1.54, 1.807) is 4.68 Å². The third kappa shape index (κ3) is 4.09. The first-order chi connectivity index (χ1) is 13.3. The zero-order chi connectivity index (χ0) is 20.4. The average molecular weight is 383 g/mol. The van der Waals surface area contributed by atoms with Crippen molar-refractivity contribution in [1.29, 1.82) is 0 Å². The van der Waals surface area contributed by atoms with Crippen LogP contribution in [0.4, 0.5) is 5.69 Å². The van der Waals surface area contributed by atoms with Crippen LogP contribution in [0.5, 0.6) is 0 Å². The van der Waals surface area contributed by atoms with E-state index < -0.39 is 0 Å². The van der Waals surface area contributed by atoms with Crippen LogP contribution in [-0.2, 0) is 11.8 Å². The van der Waals surface area contributed by atoms with Gasteiger partial charge in [0.25, 0.3) is 5.91 Å². The first-order valence-electron chi connectivity index (χ1n) is 9.65. The lowest BCUT2D eigenvalue weighted by atomic mass is 10.1.